The minimum atomic E-state index is -3.86. The van der Waals surface area contributed by atoms with E-state index in [1.165, 1.54) is 24.3 Å². The van der Waals surface area contributed by atoms with Crippen LogP contribution in [-0.4, -0.2) is 21.1 Å². The van der Waals surface area contributed by atoms with Crippen LogP contribution >= 0.6 is 0 Å². The van der Waals surface area contributed by atoms with E-state index in [4.69, 9.17) is 9.47 Å². The molecule has 0 aliphatic rings. The lowest BCUT2D eigenvalue weighted by atomic mass is 10.3. The van der Waals surface area contributed by atoms with Crippen LogP contribution in [0.5, 0.6) is 11.5 Å². The SMILES string of the molecule is CCOC(=O)Nc1ccc(S(=O)(=O)Nc2ccccc2Oc2ccccc2)cc1. The van der Waals surface area contributed by atoms with Gasteiger partial charge in [0.15, 0.2) is 5.75 Å². The number of para-hydroxylation sites is 3. The summed E-state index contributed by atoms with van der Waals surface area (Å²) in [4.78, 5) is 11.5. The van der Waals surface area contributed by atoms with Gasteiger partial charge in [0.1, 0.15) is 5.75 Å². The van der Waals surface area contributed by atoms with E-state index in [1.807, 2.05) is 18.2 Å². The molecule has 0 spiro atoms. The number of hydrogen-bond acceptors (Lipinski definition) is 5. The molecule has 0 fully saturated rings. The summed E-state index contributed by atoms with van der Waals surface area (Å²) < 4.78 is 38.6. The Labute approximate surface area is 169 Å². The predicted molar refractivity (Wildman–Crippen MR) is 111 cm³/mol. The van der Waals surface area contributed by atoms with Gasteiger partial charge in [-0.15, -0.1) is 0 Å². The number of rotatable bonds is 7. The quantitative estimate of drug-likeness (QED) is 0.579. The first-order valence-electron chi connectivity index (χ1n) is 8.86. The van der Waals surface area contributed by atoms with E-state index < -0.39 is 16.1 Å². The van der Waals surface area contributed by atoms with Crippen molar-refractivity contribution in [1.29, 1.82) is 0 Å². The Kier molecular flexibility index (Phi) is 6.36. The lowest BCUT2D eigenvalue weighted by Crippen LogP contribution is -2.15. The van der Waals surface area contributed by atoms with Crippen molar-refractivity contribution in [3.05, 3.63) is 78.9 Å². The van der Waals surface area contributed by atoms with Crippen LogP contribution in [0.25, 0.3) is 0 Å². The van der Waals surface area contributed by atoms with Crippen molar-refractivity contribution in [2.24, 2.45) is 0 Å². The average molecular weight is 412 g/mol. The van der Waals surface area contributed by atoms with Crippen molar-refractivity contribution in [3.8, 4) is 11.5 Å². The number of benzene rings is 3. The van der Waals surface area contributed by atoms with Gasteiger partial charge in [-0.2, -0.15) is 0 Å². The van der Waals surface area contributed by atoms with Gasteiger partial charge in [0.25, 0.3) is 10.0 Å². The van der Waals surface area contributed by atoms with E-state index >= 15 is 0 Å². The minimum Gasteiger partial charge on any atom is -0.455 e. The molecule has 7 nitrogen and oxygen atoms in total. The fourth-order valence-electron chi connectivity index (χ4n) is 2.46. The molecule has 0 saturated carbocycles. The number of ether oxygens (including phenoxy) is 2. The lowest BCUT2D eigenvalue weighted by Gasteiger charge is -2.13. The summed E-state index contributed by atoms with van der Waals surface area (Å²) >= 11 is 0. The molecule has 3 aromatic carbocycles. The molecule has 0 saturated heterocycles. The molecular formula is C21H20N2O5S. The number of carbonyl (C=O) groups is 1. The smallest absolute Gasteiger partial charge is 0.411 e. The molecule has 3 aromatic rings. The van der Waals surface area contributed by atoms with E-state index in [0.29, 0.717) is 22.9 Å². The normalized spacial score (nSPS) is 10.8. The Hall–Kier alpha value is -3.52. The van der Waals surface area contributed by atoms with Crippen molar-refractivity contribution in [1.82, 2.24) is 0 Å². The highest BCUT2D eigenvalue weighted by Crippen LogP contribution is 2.31. The highest BCUT2D eigenvalue weighted by molar-refractivity contribution is 7.92. The molecule has 29 heavy (non-hydrogen) atoms. The Morgan fingerprint density at radius 3 is 2.24 bits per heavy atom. The molecular weight excluding hydrogens is 392 g/mol. The molecule has 0 atom stereocenters. The van der Waals surface area contributed by atoms with E-state index in [-0.39, 0.29) is 11.5 Å². The van der Waals surface area contributed by atoms with Crippen LogP contribution in [0, 0.1) is 0 Å². The Morgan fingerprint density at radius 1 is 0.897 bits per heavy atom. The van der Waals surface area contributed by atoms with Crippen molar-refractivity contribution >= 4 is 27.5 Å². The monoisotopic (exact) mass is 412 g/mol. The predicted octanol–water partition coefficient (Wildman–Crippen LogP) is 4.85. The second kappa shape index (κ2) is 9.11. The third-order valence-electron chi connectivity index (χ3n) is 3.79. The summed E-state index contributed by atoms with van der Waals surface area (Å²) in [5.74, 6) is 0.969. The second-order valence-corrected chi connectivity index (χ2v) is 7.57. The topological polar surface area (TPSA) is 93.7 Å². The van der Waals surface area contributed by atoms with Crippen LogP contribution in [-0.2, 0) is 14.8 Å². The number of nitrogens with one attached hydrogen (secondary N) is 2. The van der Waals surface area contributed by atoms with E-state index in [9.17, 15) is 13.2 Å². The van der Waals surface area contributed by atoms with Crippen LogP contribution in [0.3, 0.4) is 0 Å². The number of carbonyl (C=O) groups excluding carboxylic acids is 1. The Bertz CT molecular complexity index is 1070. The van der Waals surface area contributed by atoms with Gasteiger partial charge < -0.3 is 9.47 Å². The summed E-state index contributed by atoms with van der Waals surface area (Å²) in [5.41, 5.74) is 0.736. The third-order valence-corrected chi connectivity index (χ3v) is 5.17. The van der Waals surface area contributed by atoms with Crippen LogP contribution < -0.4 is 14.8 Å². The van der Waals surface area contributed by atoms with Gasteiger partial charge in [-0.05, 0) is 55.5 Å². The maximum atomic E-state index is 12.8. The molecule has 0 aliphatic heterocycles. The second-order valence-electron chi connectivity index (χ2n) is 5.89. The number of sulfonamides is 1. The number of anilines is 2. The van der Waals surface area contributed by atoms with Crippen molar-refractivity contribution < 1.29 is 22.7 Å². The number of hydrogen-bond donors (Lipinski definition) is 2. The third kappa shape index (κ3) is 5.49. The van der Waals surface area contributed by atoms with Crippen LogP contribution in [0.15, 0.2) is 83.8 Å². The molecule has 0 aromatic heterocycles. The fourth-order valence-corrected chi connectivity index (χ4v) is 3.53. The highest BCUT2D eigenvalue weighted by atomic mass is 32.2. The highest BCUT2D eigenvalue weighted by Gasteiger charge is 2.17. The first-order chi connectivity index (χ1) is 14.0. The zero-order chi connectivity index (χ0) is 20.7. The molecule has 3 rings (SSSR count). The van der Waals surface area contributed by atoms with Crippen LogP contribution in [0.4, 0.5) is 16.2 Å². The number of amides is 1. The molecule has 8 heteroatoms. The van der Waals surface area contributed by atoms with Gasteiger partial charge in [0.2, 0.25) is 0 Å². The lowest BCUT2D eigenvalue weighted by molar-refractivity contribution is 0.168. The van der Waals surface area contributed by atoms with E-state index in [2.05, 4.69) is 10.0 Å². The summed E-state index contributed by atoms with van der Waals surface area (Å²) in [7, 11) is -3.86. The largest absolute Gasteiger partial charge is 0.455 e. The first-order valence-corrected chi connectivity index (χ1v) is 10.3. The first kappa shape index (κ1) is 20.2. The standard InChI is InChI=1S/C21H20N2O5S/c1-2-27-21(24)22-16-12-14-18(15-13-16)29(25,26)23-19-10-6-7-11-20(19)28-17-8-4-3-5-9-17/h3-15,23H,2H2,1H3,(H,22,24). The van der Waals surface area contributed by atoms with Gasteiger partial charge >= 0.3 is 6.09 Å². The van der Waals surface area contributed by atoms with E-state index in [1.54, 1.807) is 43.3 Å². The zero-order valence-electron chi connectivity index (χ0n) is 15.7. The molecule has 150 valence electrons. The molecule has 0 unspecified atom stereocenters. The molecule has 1 amide bonds. The average Bonchev–Trinajstić information content (AvgIpc) is 2.71. The maximum Gasteiger partial charge on any atom is 0.411 e. The molecule has 0 heterocycles. The summed E-state index contributed by atoms with van der Waals surface area (Å²) in [6.45, 7) is 1.94. The summed E-state index contributed by atoms with van der Waals surface area (Å²) in [6, 6.07) is 21.6. The molecule has 0 aliphatic carbocycles. The maximum absolute atomic E-state index is 12.8. The summed E-state index contributed by atoms with van der Waals surface area (Å²) in [6.07, 6.45) is -0.603. The van der Waals surface area contributed by atoms with Crippen molar-refractivity contribution in [2.75, 3.05) is 16.6 Å². The van der Waals surface area contributed by atoms with Crippen LogP contribution in [0.2, 0.25) is 0 Å². The van der Waals surface area contributed by atoms with Crippen molar-refractivity contribution in [3.63, 3.8) is 0 Å². The van der Waals surface area contributed by atoms with Crippen LogP contribution in [0.1, 0.15) is 6.92 Å². The molecule has 0 bridgehead atoms. The molecule has 0 radical (unpaired) electrons. The zero-order valence-corrected chi connectivity index (χ0v) is 16.5. The molecule has 2 N–H and O–H groups in total. The fraction of sp³-hybridized carbons (Fsp3) is 0.0952. The Balaban J connectivity index is 1.77. The van der Waals surface area contributed by atoms with Gasteiger partial charge in [0, 0.05) is 5.69 Å². The summed E-state index contributed by atoms with van der Waals surface area (Å²) in [5, 5.41) is 2.51. The van der Waals surface area contributed by atoms with Gasteiger partial charge in [-0.1, -0.05) is 30.3 Å². The Morgan fingerprint density at radius 2 is 1.55 bits per heavy atom. The van der Waals surface area contributed by atoms with Gasteiger partial charge in [-0.25, -0.2) is 13.2 Å². The van der Waals surface area contributed by atoms with Crippen molar-refractivity contribution in [2.45, 2.75) is 11.8 Å². The van der Waals surface area contributed by atoms with Gasteiger partial charge in [0.05, 0.1) is 17.2 Å². The van der Waals surface area contributed by atoms with E-state index in [0.717, 1.165) is 0 Å². The minimum absolute atomic E-state index is 0.0430. The van der Waals surface area contributed by atoms with Gasteiger partial charge in [-0.3, -0.25) is 10.0 Å².